The maximum atomic E-state index is 11.2. The summed E-state index contributed by atoms with van der Waals surface area (Å²) in [5.41, 5.74) is 4.73. The van der Waals surface area contributed by atoms with Crippen LogP contribution in [0.1, 0.15) is 53.9 Å². The number of hydrogen-bond donors (Lipinski definition) is 2. The van der Waals surface area contributed by atoms with Gasteiger partial charge in [0.15, 0.2) is 0 Å². The van der Waals surface area contributed by atoms with E-state index in [0.29, 0.717) is 12.0 Å². The molecular formula is C12H26N2O. The van der Waals surface area contributed by atoms with E-state index in [2.05, 4.69) is 26.1 Å². The monoisotopic (exact) mass is 214 g/mol. The van der Waals surface area contributed by atoms with E-state index in [0.717, 1.165) is 12.8 Å². The molecule has 2 unspecified atom stereocenters. The molecule has 15 heavy (non-hydrogen) atoms. The minimum Gasteiger partial charge on any atom is -0.368 e. The van der Waals surface area contributed by atoms with Gasteiger partial charge in [-0.25, -0.2) is 0 Å². The summed E-state index contributed by atoms with van der Waals surface area (Å²) in [5, 5.41) is 3.33. The van der Waals surface area contributed by atoms with Gasteiger partial charge in [-0.2, -0.15) is 0 Å². The van der Waals surface area contributed by atoms with Crippen molar-refractivity contribution >= 4 is 5.91 Å². The third kappa shape index (κ3) is 5.17. The molecule has 3 heteroatoms. The standard InChI is InChI=1S/C12H26N2O/c1-6-9(3)8-10(7-2)14-12(4,5)11(13)15/h9-10,14H,6-8H2,1-5H3,(H2,13,15). The van der Waals surface area contributed by atoms with Gasteiger partial charge >= 0.3 is 0 Å². The summed E-state index contributed by atoms with van der Waals surface area (Å²) in [7, 11) is 0. The van der Waals surface area contributed by atoms with Gasteiger partial charge in [-0.05, 0) is 32.6 Å². The van der Waals surface area contributed by atoms with Crippen LogP contribution in [-0.4, -0.2) is 17.5 Å². The van der Waals surface area contributed by atoms with Gasteiger partial charge in [0.05, 0.1) is 5.54 Å². The summed E-state index contributed by atoms with van der Waals surface area (Å²) >= 11 is 0. The summed E-state index contributed by atoms with van der Waals surface area (Å²) < 4.78 is 0. The Morgan fingerprint density at radius 2 is 1.87 bits per heavy atom. The highest BCUT2D eigenvalue weighted by Gasteiger charge is 2.27. The molecule has 0 rings (SSSR count). The predicted octanol–water partition coefficient (Wildman–Crippen LogP) is 2.05. The summed E-state index contributed by atoms with van der Waals surface area (Å²) in [5.74, 6) is 0.399. The number of amides is 1. The molecule has 0 aliphatic carbocycles. The van der Waals surface area contributed by atoms with E-state index in [1.165, 1.54) is 6.42 Å². The van der Waals surface area contributed by atoms with Crippen molar-refractivity contribution in [3.63, 3.8) is 0 Å². The minimum absolute atomic E-state index is 0.287. The SMILES string of the molecule is CCC(C)CC(CC)NC(C)(C)C(N)=O. The Morgan fingerprint density at radius 3 is 2.20 bits per heavy atom. The molecule has 0 aliphatic heterocycles. The summed E-state index contributed by atoms with van der Waals surface area (Å²) in [4.78, 5) is 11.2. The minimum atomic E-state index is -0.603. The average molecular weight is 214 g/mol. The molecule has 0 heterocycles. The lowest BCUT2D eigenvalue weighted by Crippen LogP contribution is -2.54. The molecular weight excluding hydrogens is 188 g/mol. The van der Waals surface area contributed by atoms with Crippen molar-refractivity contribution in [2.75, 3.05) is 0 Å². The van der Waals surface area contributed by atoms with Crippen molar-refractivity contribution in [1.29, 1.82) is 0 Å². The number of carbonyl (C=O) groups is 1. The van der Waals surface area contributed by atoms with Crippen LogP contribution in [0.15, 0.2) is 0 Å². The normalized spacial score (nSPS) is 16.1. The van der Waals surface area contributed by atoms with E-state index in [1.54, 1.807) is 0 Å². The molecule has 0 fully saturated rings. The van der Waals surface area contributed by atoms with E-state index >= 15 is 0 Å². The van der Waals surface area contributed by atoms with E-state index in [-0.39, 0.29) is 5.91 Å². The summed E-state index contributed by atoms with van der Waals surface area (Å²) in [6, 6.07) is 0.377. The quantitative estimate of drug-likeness (QED) is 0.681. The van der Waals surface area contributed by atoms with E-state index < -0.39 is 5.54 Å². The third-order valence-electron chi connectivity index (χ3n) is 3.06. The van der Waals surface area contributed by atoms with Gasteiger partial charge in [-0.15, -0.1) is 0 Å². The van der Waals surface area contributed by atoms with Crippen molar-refractivity contribution in [3.8, 4) is 0 Å². The van der Waals surface area contributed by atoms with Gasteiger partial charge in [-0.3, -0.25) is 4.79 Å². The van der Waals surface area contributed by atoms with Crippen molar-refractivity contribution < 1.29 is 4.79 Å². The number of carbonyl (C=O) groups excluding carboxylic acids is 1. The van der Waals surface area contributed by atoms with Crippen LogP contribution in [0.4, 0.5) is 0 Å². The lowest BCUT2D eigenvalue weighted by Gasteiger charge is -2.30. The number of primary amides is 1. The van der Waals surface area contributed by atoms with Gasteiger partial charge in [0.1, 0.15) is 0 Å². The Bertz CT molecular complexity index is 202. The molecule has 0 aliphatic rings. The zero-order valence-corrected chi connectivity index (χ0v) is 10.8. The van der Waals surface area contributed by atoms with Crippen LogP contribution in [-0.2, 0) is 4.79 Å². The van der Waals surface area contributed by atoms with Gasteiger partial charge in [-0.1, -0.05) is 27.2 Å². The molecule has 2 atom stereocenters. The molecule has 0 saturated carbocycles. The zero-order valence-electron chi connectivity index (χ0n) is 10.8. The highest BCUT2D eigenvalue weighted by atomic mass is 16.1. The summed E-state index contributed by atoms with van der Waals surface area (Å²) in [6.45, 7) is 10.2. The lowest BCUT2D eigenvalue weighted by molar-refractivity contribution is -0.123. The van der Waals surface area contributed by atoms with E-state index in [9.17, 15) is 4.79 Å². The smallest absolute Gasteiger partial charge is 0.237 e. The first-order valence-corrected chi connectivity index (χ1v) is 5.91. The molecule has 0 saturated heterocycles. The summed E-state index contributed by atoms with van der Waals surface area (Å²) in [6.07, 6.45) is 3.31. The number of nitrogens with two attached hydrogens (primary N) is 1. The van der Waals surface area contributed by atoms with Gasteiger partial charge in [0, 0.05) is 6.04 Å². The molecule has 0 aromatic heterocycles. The Hall–Kier alpha value is -0.570. The number of rotatable bonds is 7. The van der Waals surface area contributed by atoms with Crippen molar-refractivity contribution in [3.05, 3.63) is 0 Å². The van der Waals surface area contributed by atoms with Gasteiger partial charge in [0.2, 0.25) is 5.91 Å². The Labute approximate surface area is 93.8 Å². The first-order valence-electron chi connectivity index (χ1n) is 5.91. The molecule has 0 bridgehead atoms. The van der Waals surface area contributed by atoms with Gasteiger partial charge in [0.25, 0.3) is 0 Å². The van der Waals surface area contributed by atoms with E-state index in [1.807, 2.05) is 13.8 Å². The molecule has 0 spiro atoms. The van der Waals surface area contributed by atoms with Crippen LogP contribution >= 0.6 is 0 Å². The second-order valence-corrected chi connectivity index (χ2v) is 4.99. The fourth-order valence-electron chi connectivity index (χ4n) is 1.56. The van der Waals surface area contributed by atoms with E-state index in [4.69, 9.17) is 5.73 Å². The molecule has 1 amide bonds. The fraction of sp³-hybridized carbons (Fsp3) is 0.917. The van der Waals surface area contributed by atoms with Crippen molar-refractivity contribution in [2.24, 2.45) is 11.7 Å². The first-order chi connectivity index (χ1) is 6.83. The molecule has 0 aromatic carbocycles. The Balaban J connectivity index is 4.26. The first kappa shape index (κ1) is 14.4. The molecule has 0 aromatic rings. The molecule has 3 nitrogen and oxygen atoms in total. The Kier molecular flexibility index (Phi) is 5.88. The van der Waals surface area contributed by atoms with Crippen LogP contribution < -0.4 is 11.1 Å². The number of hydrogen-bond acceptors (Lipinski definition) is 2. The molecule has 0 radical (unpaired) electrons. The third-order valence-corrected chi connectivity index (χ3v) is 3.06. The zero-order chi connectivity index (χ0) is 12.1. The van der Waals surface area contributed by atoms with Crippen LogP contribution in [0.5, 0.6) is 0 Å². The van der Waals surface area contributed by atoms with Crippen LogP contribution in [0.3, 0.4) is 0 Å². The van der Waals surface area contributed by atoms with Crippen molar-refractivity contribution in [1.82, 2.24) is 5.32 Å². The number of nitrogens with one attached hydrogen (secondary N) is 1. The van der Waals surface area contributed by atoms with Gasteiger partial charge < -0.3 is 11.1 Å². The maximum absolute atomic E-state index is 11.2. The van der Waals surface area contributed by atoms with Crippen LogP contribution in [0, 0.1) is 5.92 Å². The Morgan fingerprint density at radius 1 is 1.33 bits per heavy atom. The molecule has 3 N–H and O–H groups in total. The second-order valence-electron chi connectivity index (χ2n) is 4.99. The largest absolute Gasteiger partial charge is 0.368 e. The second kappa shape index (κ2) is 6.11. The van der Waals surface area contributed by atoms with Crippen molar-refractivity contribution in [2.45, 2.75) is 65.5 Å². The predicted molar refractivity (Wildman–Crippen MR) is 64.6 cm³/mol. The maximum Gasteiger partial charge on any atom is 0.237 e. The lowest BCUT2D eigenvalue weighted by atomic mass is 9.94. The topological polar surface area (TPSA) is 55.1 Å². The average Bonchev–Trinajstić information content (AvgIpc) is 2.15. The van der Waals surface area contributed by atoms with Crippen LogP contribution in [0.2, 0.25) is 0 Å². The highest BCUT2D eigenvalue weighted by Crippen LogP contribution is 2.15. The van der Waals surface area contributed by atoms with Crippen LogP contribution in [0.25, 0.3) is 0 Å². The molecule has 90 valence electrons. The highest BCUT2D eigenvalue weighted by molar-refractivity contribution is 5.83. The fourth-order valence-corrected chi connectivity index (χ4v) is 1.56.